The largest absolute Gasteiger partial charge is 0.384 e. The summed E-state index contributed by atoms with van der Waals surface area (Å²) in [5.74, 6) is 0. The molecule has 0 atom stereocenters. The highest BCUT2D eigenvalue weighted by molar-refractivity contribution is 6.36. The molecular formula is C11H13Cl2N. The quantitative estimate of drug-likeness (QED) is 0.757. The Hall–Kier alpha value is -0.660. The Balaban J connectivity index is 2.55. The molecule has 1 aromatic carbocycles. The highest BCUT2D eigenvalue weighted by Gasteiger charge is 1.99. The molecular weight excluding hydrogens is 217 g/mol. The van der Waals surface area contributed by atoms with Gasteiger partial charge in [-0.2, -0.15) is 0 Å². The molecule has 0 saturated heterocycles. The molecule has 0 aliphatic carbocycles. The molecule has 3 heteroatoms. The van der Waals surface area contributed by atoms with Crippen molar-refractivity contribution in [3.05, 3.63) is 40.4 Å². The molecule has 14 heavy (non-hydrogen) atoms. The number of halogens is 2. The first-order valence-electron chi connectivity index (χ1n) is 4.43. The van der Waals surface area contributed by atoms with Crippen LogP contribution in [-0.4, -0.2) is 6.54 Å². The Bertz CT molecular complexity index is 334. The number of anilines is 1. The van der Waals surface area contributed by atoms with Crippen LogP contribution in [0.1, 0.15) is 13.3 Å². The second-order valence-electron chi connectivity index (χ2n) is 3.26. The van der Waals surface area contributed by atoms with Crippen LogP contribution in [-0.2, 0) is 0 Å². The van der Waals surface area contributed by atoms with E-state index in [0.29, 0.717) is 10.0 Å². The zero-order valence-electron chi connectivity index (χ0n) is 8.11. The van der Waals surface area contributed by atoms with Crippen molar-refractivity contribution in [1.29, 1.82) is 0 Å². The maximum atomic E-state index is 5.98. The predicted octanol–water partition coefficient (Wildman–Crippen LogP) is 4.37. The first kappa shape index (κ1) is 11.4. The Morgan fingerprint density at radius 3 is 2.71 bits per heavy atom. The molecule has 1 aromatic rings. The van der Waals surface area contributed by atoms with Crippen LogP contribution in [0.25, 0.3) is 0 Å². The number of hydrogen-bond acceptors (Lipinski definition) is 1. The molecule has 0 aliphatic heterocycles. The molecule has 0 heterocycles. The summed E-state index contributed by atoms with van der Waals surface area (Å²) in [5, 5.41) is 4.53. The minimum absolute atomic E-state index is 0.652. The van der Waals surface area contributed by atoms with Gasteiger partial charge in [-0.05, 0) is 31.5 Å². The van der Waals surface area contributed by atoms with E-state index in [9.17, 15) is 0 Å². The van der Waals surface area contributed by atoms with E-state index in [2.05, 4.69) is 11.9 Å². The van der Waals surface area contributed by atoms with Gasteiger partial charge in [0.1, 0.15) is 0 Å². The van der Waals surface area contributed by atoms with Gasteiger partial charge in [0, 0.05) is 11.6 Å². The van der Waals surface area contributed by atoms with Crippen LogP contribution in [0.15, 0.2) is 30.4 Å². The highest BCUT2D eigenvalue weighted by atomic mass is 35.5. The average Bonchev–Trinajstić information content (AvgIpc) is 2.08. The fourth-order valence-corrected chi connectivity index (χ4v) is 1.52. The lowest BCUT2D eigenvalue weighted by molar-refractivity contribution is 1.00. The van der Waals surface area contributed by atoms with E-state index in [1.165, 1.54) is 0 Å². The lowest BCUT2D eigenvalue weighted by atomic mass is 10.2. The number of nitrogens with one attached hydrogen (secondary N) is 1. The van der Waals surface area contributed by atoms with Gasteiger partial charge in [0.25, 0.3) is 0 Å². The number of rotatable bonds is 4. The Kier molecular flexibility index (Phi) is 4.30. The zero-order chi connectivity index (χ0) is 10.6. The average molecular weight is 230 g/mol. The molecule has 0 aliphatic rings. The summed E-state index contributed by atoms with van der Waals surface area (Å²) in [6.07, 6.45) is 0.943. The summed E-state index contributed by atoms with van der Waals surface area (Å²) in [7, 11) is 0. The molecule has 0 radical (unpaired) electrons. The van der Waals surface area contributed by atoms with E-state index in [4.69, 9.17) is 23.2 Å². The van der Waals surface area contributed by atoms with Crippen molar-refractivity contribution in [1.82, 2.24) is 0 Å². The summed E-state index contributed by atoms with van der Waals surface area (Å²) >= 11 is 11.8. The van der Waals surface area contributed by atoms with Gasteiger partial charge in [0.15, 0.2) is 0 Å². The van der Waals surface area contributed by atoms with E-state index in [0.717, 1.165) is 24.2 Å². The van der Waals surface area contributed by atoms with Gasteiger partial charge in [-0.15, -0.1) is 6.58 Å². The van der Waals surface area contributed by atoms with Gasteiger partial charge >= 0.3 is 0 Å². The van der Waals surface area contributed by atoms with Crippen molar-refractivity contribution in [2.75, 3.05) is 11.9 Å². The Morgan fingerprint density at radius 2 is 2.14 bits per heavy atom. The molecule has 1 N–H and O–H groups in total. The van der Waals surface area contributed by atoms with Crippen molar-refractivity contribution < 1.29 is 0 Å². The standard InChI is InChI=1S/C11H13Cl2N/c1-8(2)5-6-14-11-4-3-9(12)7-10(11)13/h3-4,7,14H,1,5-6H2,2H3. The molecule has 0 bridgehead atoms. The maximum Gasteiger partial charge on any atom is 0.0652 e. The molecule has 0 spiro atoms. The Morgan fingerprint density at radius 1 is 1.43 bits per heavy atom. The monoisotopic (exact) mass is 229 g/mol. The summed E-state index contributed by atoms with van der Waals surface area (Å²) in [6.45, 7) is 6.68. The number of hydrogen-bond donors (Lipinski definition) is 1. The van der Waals surface area contributed by atoms with E-state index < -0.39 is 0 Å². The molecule has 0 amide bonds. The van der Waals surface area contributed by atoms with Crippen molar-refractivity contribution in [3.8, 4) is 0 Å². The molecule has 0 aromatic heterocycles. The normalized spacial score (nSPS) is 9.93. The van der Waals surface area contributed by atoms with Crippen LogP contribution < -0.4 is 5.32 Å². The fourth-order valence-electron chi connectivity index (χ4n) is 1.04. The summed E-state index contributed by atoms with van der Waals surface area (Å²) < 4.78 is 0. The lowest BCUT2D eigenvalue weighted by Gasteiger charge is -2.08. The Labute approximate surface area is 94.7 Å². The fraction of sp³-hybridized carbons (Fsp3) is 0.273. The van der Waals surface area contributed by atoms with Crippen LogP contribution >= 0.6 is 23.2 Å². The van der Waals surface area contributed by atoms with Crippen LogP contribution in [0.5, 0.6) is 0 Å². The van der Waals surface area contributed by atoms with E-state index >= 15 is 0 Å². The highest BCUT2D eigenvalue weighted by Crippen LogP contribution is 2.25. The second kappa shape index (κ2) is 5.28. The number of benzene rings is 1. The van der Waals surface area contributed by atoms with Gasteiger partial charge in [-0.25, -0.2) is 0 Å². The van der Waals surface area contributed by atoms with Gasteiger partial charge in [0.2, 0.25) is 0 Å². The van der Waals surface area contributed by atoms with Gasteiger partial charge < -0.3 is 5.32 Å². The van der Waals surface area contributed by atoms with Crippen LogP contribution in [0.4, 0.5) is 5.69 Å². The van der Waals surface area contributed by atoms with Gasteiger partial charge in [-0.1, -0.05) is 28.8 Å². The lowest BCUT2D eigenvalue weighted by Crippen LogP contribution is -2.01. The smallest absolute Gasteiger partial charge is 0.0652 e. The van der Waals surface area contributed by atoms with E-state index in [1.54, 1.807) is 6.07 Å². The minimum atomic E-state index is 0.652. The van der Waals surface area contributed by atoms with Crippen molar-refractivity contribution >= 4 is 28.9 Å². The first-order valence-corrected chi connectivity index (χ1v) is 5.18. The molecule has 1 nitrogen and oxygen atoms in total. The summed E-state index contributed by atoms with van der Waals surface area (Å²) in [4.78, 5) is 0. The van der Waals surface area contributed by atoms with Crippen LogP contribution in [0, 0.1) is 0 Å². The summed E-state index contributed by atoms with van der Waals surface area (Å²) in [6, 6.07) is 5.42. The molecule has 1 rings (SSSR count). The molecule has 0 fully saturated rings. The zero-order valence-corrected chi connectivity index (χ0v) is 9.62. The SMILES string of the molecule is C=C(C)CCNc1ccc(Cl)cc1Cl. The molecule has 0 unspecified atom stereocenters. The molecule has 0 saturated carbocycles. The van der Waals surface area contributed by atoms with Crippen LogP contribution in [0.3, 0.4) is 0 Å². The minimum Gasteiger partial charge on any atom is -0.384 e. The van der Waals surface area contributed by atoms with Crippen molar-refractivity contribution in [2.45, 2.75) is 13.3 Å². The first-order chi connectivity index (χ1) is 6.59. The third-order valence-corrected chi connectivity index (χ3v) is 2.35. The summed E-state index contributed by atoms with van der Waals surface area (Å²) in [5.41, 5.74) is 2.07. The van der Waals surface area contributed by atoms with E-state index in [1.807, 2.05) is 19.1 Å². The van der Waals surface area contributed by atoms with Crippen molar-refractivity contribution in [3.63, 3.8) is 0 Å². The second-order valence-corrected chi connectivity index (χ2v) is 4.10. The van der Waals surface area contributed by atoms with E-state index in [-0.39, 0.29) is 0 Å². The third-order valence-electron chi connectivity index (χ3n) is 1.80. The van der Waals surface area contributed by atoms with Crippen molar-refractivity contribution in [2.24, 2.45) is 0 Å². The maximum absolute atomic E-state index is 5.98. The molecule has 76 valence electrons. The predicted molar refractivity (Wildman–Crippen MR) is 64.4 cm³/mol. The van der Waals surface area contributed by atoms with Gasteiger partial charge in [-0.3, -0.25) is 0 Å². The van der Waals surface area contributed by atoms with Gasteiger partial charge in [0.05, 0.1) is 10.7 Å². The third kappa shape index (κ3) is 3.60. The topological polar surface area (TPSA) is 12.0 Å². The van der Waals surface area contributed by atoms with Crippen LogP contribution in [0.2, 0.25) is 10.0 Å².